The molecule has 2 saturated heterocycles. The second-order valence-corrected chi connectivity index (χ2v) is 6.01. The molecule has 0 aromatic rings. The molecule has 2 aliphatic heterocycles. The van der Waals surface area contributed by atoms with Gasteiger partial charge in [0.1, 0.15) is 0 Å². The number of nitrogens with zero attached hydrogens (tertiary/aromatic N) is 2. The molecule has 2 aliphatic rings. The molecular weight excluding hydrogens is 288 g/mol. The van der Waals surface area contributed by atoms with Gasteiger partial charge in [-0.1, -0.05) is 0 Å². The van der Waals surface area contributed by atoms with Gasteiger partial charge in [-0.15, -0.1) is 0 Å². The number of carbonyl (C=O) groups excluding carboxylic acids is 2. The Bertz CT molecular complexity index is 407. The number of hydrogen-bond donors (Lipinski definition) is 2. The molecule has 0 bridgehead atoms. The first-order valence-electron chi connectivity index (χ1n) is 7.80. The molecule has 0 aromatic heterocycles. The largest absolute Gasteiger partial charge is 0.407 e. The van der Waals surface area contributed by atoms with E-state index in [0.29, 0.717) is 25.9 Å². The molecule has 2 fully saturated rings. The summed E-state index contributed by atoms with van der Waals surface area (Å²) in [6.45, 7) is 4.98. The first-order chi connectivity index (χ1) is 10.3. The highest BCUT2D eigenvalue weighted by Gasteiger charge is 2.51. The van der Waals surface area contributed by atoms with E-state index in [1.165, 1.54) is 0 Å². The molecule has 22 heavy (non-hydrogen) atoms. The van der Waals surface area contributed by atoms with E-state index in [4.69, 9.17) is 20.9 Å². The van der Waals surface area contributed by atoms with Crippen LogP contribution in [0.4, 0.5) is 0 Å². The molecule has 8 heteroatoms. The lowest BCUT2D eigenvalue weighted by molar-refractivity contribution is -0.313. The van der Waals surface area contributed by atoms with Gasteiger partial charge in [0.05, 0.1) is 18.9 Å². The SMILES string of the molecule is CC(N)N1CCN(C(C)N)C2(C1)OC(=O)CCCCC(=O)O2. The van der Waals surface area contributed by atoms with Gasteiger partial charge in [0.25, 0.3) is 0 Å². The van der Waals surface area contributed by atoms with Crippen LogP contribution >= 0.6 is 0 Å². The van der Waals surface area contributed by atoms with Gasteiger partial charge in [0, 0.05) is 25.9 Å². The van der Waals surface area contributed by atoms with Gasteiger partial charge in [0.15, 0.2) is 0 Å². The van der Waals surface area contributed by atoms with Crippen LogP contribution in [0.5, 0.6) is 0 Å². The fourth-order valence-corrected chi connectivity index (χ4v) is 2.89. The summed E-state index contributed by atoms with van der Waals surface area (Å²) in [5, 5.41) is 0. The monoisotopic (exact) mass is 314 g/mol. The Morgan fingerprint density at radius 3 is 2.00 bits per heavy atom. The number of hydrogen-bond acceptors (Lipinski definition) is 8. The summed E-state index contributed by atoms with van der Waals surface area (Å²) in [6.07, 6.45) is 1.10. The molecule has 0 aliphatic carbocycles. The van der Waals surface area contributed by atoms with Gasteiger partial charge in [0.2, 0.25) is 0 Å². The smallest absolute Gasteiger partial charge is 0.334 e. The van der Waals surface area contributed by atoms with E-state index in [1.54, 1.807) is 11.8 Å². The molecule has 1 spiro atoms. The molecule has 0 amide bonds. The fraction of sp³-hybridized carbons (Fsp3) is 0.857. The van der Waals surface area contributed by atoms with Crippen molar-refractivity contribution in [1.82, 2.24) is 9.80 Å². The van der Waals surface area contributed by atoms with Crippen LogP contribution in [0.1, 0.15) is 39.5 Å². The van der Waals surface area contributed by atoms with Crippen LogP contribution in [-0.4, -0.2) is 59.6 Å². The lowest BCUT2D eigenvalue weighted by Gasteiger charge is -2.50. The van der Waals surface area contributed by atoms with E-state index in [2.05, 4.69) is 0 Å². The summed E-state index contributed by atoms with van der Waals surface area (Å²) >= 11 is 0. The number of carbonyl (C=O) groups is 2. The molecule has 126 valence electrons. The van der Waals surface area contributed by atoms with Crippen molar-refractivity contribution < 1.29 is 19.1 Å². The van der Waals surface area contributed by atoms with Crippen molar-refractivity contribution in [3.63, 3.8) is 0 Å². The van der Waals surface area contributed by atoms with Crippen LogP contribution < -0.4 is 11.5 Å². The molecule has 8 nitrogen and oxygen atoms in total. The quantitative estimate of drug-likeness (QED) is 0.658. The Labute approximate surface area is 130 Å². The minimum atomic E-state index is -1.49. The maximum Gasteiger partial charge on any atom is 0.334 e. The number of nitrogens with two attached hydrogens (primary N) is 2. The zero-order valence-electron chi connectivity index (χ0n) is 13.3. The number of esters is 2. The molecule has 0 radical (unpaired) electrons. The zero-order chi connectivity index (χ0) is 16.3. The summed E-state index contributed by atoms with van der Waals surface area (Å²) in [6, 6.07) is 0. The molecule has 2 heterocycles. The molecule has 2 atom stereocenters. The third-order valence-electron chi connectivity index (χ3n) is 4.09. The van der Waals surface area contributed by atoms with Crippen molar-refractivity contribution >= 4 is 11.9 Å². The van der Waals surface area contributed by atoms with Crippen LogP contribution in [0.15, 0.2) is 0 Å². The molecule has 2 unspecified atom stereocenters. The Balaban J connectivity index is 2.33. The van der Waals surface area contributed by atoms with Crippen molar-refractivity contribution in [2.45, 2.75) is 57.8 Å². The summed E-state index contributed by atoms with van der Waals surface area (Å²) in [4.78, 5) is 27.8. The minimum Gasteiger partial charge on any atom is -0.407 e. The second-order valence-electron chi connectivity index (χ2n) is 6.01. The van der Waals surface area contributed by atoms with Crippen molar-refractivity contribution in [1.29, 1.82) is 0 Å². The summed E-state index contributed by atoms with van der Waals surface area (Å²) in [5.41, 5.74) is 12.0. The third-order valence-corrected chi connectivity index (χ3v) is 4.09. The number of piperazine rings is 1. The van der Waals surface area contributed by atoms with Crippen LogP contribution in [-0.2, 0) is 19.1 Å². The van der Waals surface area contributed by atoms with Crippen molar-refractivity contribution in [2.75, 3.05) is 19.6 Å². The first-order valence-corrected chi connectivity index (χ1v) is 7.80. The van der Waals surface area contributed by atoms with E-state index in [1.807, 2.05) is 11.8 Å². The predicted molar refractivity (Wildman–Crippen MR) is 79.0 cm³/mol. The van der Waals surface area contributed by atoms with Crippen molar-refractivity contribution in [3.05, 3.63) is 0 Å². The first kappa shape index (κ1) is 17.1. The molecular formula is C14H26N4O4. The number of ether oxygens (including phenoxy) is 2. The molecule has 2 rings (SSSR count). The molecule has 0 saturated carbocycles. The Morgan fingerprint density at radius 1 is 1.00 bits per heavy atom. The van der Waals surface area contributed by atoms with Gasteiger partial charge < -0.3 is 20.9 Å². The van der Waals surface area contributed by atoms with Crippen LogP contribution in [0.2, 0.25) is 0 Å². The summed E-state index contributed by atoms with van der Waals surface area (Å²) < 4.78 is 11.2. The Morgan fingerprint density at radius 2 is 1.55 bits per heavy atom. The lowest BCUT2D eigenvalue weighted by atomic mass is 10.2. The minimum absolute atomic E-state index is 0.198. The highest BCUT2D eigenvalue weighted by Crippen LogP contribution is 2.29. The van der Waals surface area contributed by atoms with E-state index in [0.717, 1.165) is 0 Å². The van der Waals surface area contributed by atoms with Gasteiger partial charge in [-0.3, -0.25) is 14.5 Å². The molecule has 4 N–H and O–H groups in total. The average Bonchev–Trinajstić information content (AvgIpc) is 2.48. The third kappa shape index (κ3) is 3.75. The normalized spacial score (nSPS) is 27.3. The fourth-order valence-electron chi connectivity index (χ4n) is 2.89. The Hall–Kier alpha value is -1.22. The van der Waals surface area contributed by atoms with Gasteiger partial charge in [-0.2, -0.15) is 0 Å². The maximum absolute atomic E-state index is 12.1. The lowest BCUT2D eigenvalue weighted by Crippen LogP contribution is -2.70. The molecule has 0 aromatic carbocycles. The van der Waals surface area contributed by atoms with Crippen molar-refractivity contribution in [3.8, 4) is 0 Å². The van der Waals surface area contributed by atoms with E-state index < -0.39 is 12.1 Å². The number of rotatable bonds is 2. The van der Waals surface area contributed by atoms with Gasteiger partial charge in [-0.05, 0) is 26.7 Å². The Kier molecular flexibility index (Phi) is 5.38. The van der Waals surface area contributed by atoms with Crippen molar-refractivity contribution in [2.24, 2.45) is 11.5 Å². The summed E-state index contributed by atoms with van der Waals surface area (Å²) in [7, 11) is 0. The predicted octanol–water partition coefficient (Wildman–Crippen LogP) is -0.472. The van der Waals surface area contributed by atoms with Crippen LogP contribution in [0, 0.1) is 0 Å². The van der Waals surface area contributed by atoms with Gasteiger partial charge in [-0.25, -0.2) is 4.90 Å². The van der Waals surface area contributed by atoms with E-state index in [9.17, 15) is 9.59 Å². The van der Waals surface area contributed by atoms with E-state index in [-0.39, 0.29) is 37.5 Å². The van der Waals surface area contributed by atoms with Gasteiger partial charge >= 0.3 is 17.8 Å². The van der Waals surface area contributed by atoms with Crippen LogP contribution in [0.3, 0.4) is 0 Å². The zero-order valence-corrected chi connectivity index (χ0v) is 13.3. The average molecular weight is 314 g/mol. The van der Waals surface area contributed by atoms with E-state index >= 15 is 0 Å². The highest BCUT2D eigenvalue weighted by atomic mass is 16.8. The maximum atomic E-state index is 12.1. The highest BCUT2D eigenvalue weighted by molar-refractivity contribution is 5.73. The topological polar surface area (TPSA) is 111 Å². The van der Waals surface area contributed by atoms with Crippen LogP contribution in [0.25, 0.3) is 0 Å². The second kappa shape index (κ2) is 6.91. The standard InChI is InChI=1S/C14H26N4O4/c1-10(15)17-7-8-18(11(2)16)14(9-17)21-12(19)5-3-4-6-13(20)22-14/h10-11H,3-9,15-16H2,1-2H3. The summed E-state index contributed by atoms with van der Waals surface area (Å²) in [5.74, 6) is -2.25.